The smallest absolute Gasteiger partial charge is 0.225 e. The summed E-state index contributed by atoms with van der Waals surface area (Å²) in [7, 11) is 0. The first-order chi connectivity index (χ1) is 14.1. The van der Waals surface area contributed by atoms with Crippen LogP contribution >= 0.6 is 11.6 Å². The van der Waals surface area contributed by atoms with Gasteiger partial charge in [0.25, 0.3) is 0 Å². The topological polar surface area (TPSA) is 67.2 Å². The zero-order valence-corrected chi connectivity index (χ0v) is 17.1. The molecule has 0 N–H and O–H groups in total. The Morgan fingerprint density at radius 3 is 2.62 bits per heavy atom. The minimum atomic E-state index is 0.255. The fraction of sp³-hybridized carbons (Fsp3) is 0.429. The van der Waals surface area contributed by atoms with Crippen molar-refractivity contribution >= 4 is 34.4 Å². The van der Waals surface area contributed by atoms with Crippen molar-refractivity contribution in [3.8, 4) is 5.69 Å². The summed E-state index contributed by atoms with van der Waals surface area (Å²) in [6, 6.07) is 7.57. The van der Waals surface area contributed by atoms with Crippen LogP contribution in [0.3, 0.4) is 0 Å². The Kier molecular flexibility index (Phi) is 4.62. The molecule has 7 nitrogen and oxygen atoms in total. The average molecular weight is 411 g/mol. The molecule has 1 aliphatic heterocycles. The van der Waals surface area contributed by atoms with E-state index in [0.717, 1.165) is 61.6 Å². The zero-order valence-electron chi connectivity index (χ0n) is 16.4. The number of benzene rings is 1. The third-order valence-electron chi connectivity index (χ3n) is 5.92. The van der Waals surface area contributed by atoms with E-state index in [-0.39, 0.29) is 5.92 Å². The second-order valence-corrected chi connectivity index (χ2v) is 8.24. The van der Waals surface area contributed by atoms with Crippen molar-refractivity contribution in [1.29, 1.82) is 0 Å². The fourth-order valence-corrected chi connectivity index (χ4v) is 4.27. The fourth-order valence-electron chi connectivity index (χ4n) is 4.09. The number of hydrogen-bond donors (Lipinski definition) is 0. The molecule has 5 rings (SSSR count). The summed E-state index contributed by atoms with van der Waals surface area (Å²) in [4.78, 5) is 26.1. The average Bonchev–Trinajstić information content (AvgIpc) is 3.10. The van der Waals surface area contributed by atoms with Crippen LogP contribution in [0.4, 0.5) is 5.82 Å². The van der Waals surface area contributed by atoms with Crippen LogP contribution in [0, 0.1) is 12.8 Å². The van der Waals surface area contributed by atoms with E-state index >= 15 is 0 Å². The Hall–Kier alpha value is -2.67. The number of amides is 1. The molecular weight excluding hydrogens is 388 g/mol. The van der Waals surface area contributed by atoms with Crippen molar-refractivity contribution in [2.45, 2.75) is 26.2 Å². The zero-order chi connectivity index (χ0) is 20.0. The molecular formula is C21H23ClN6O. The van der Waals surface area contributed by atoms with Gasteiger partial charge in [0.1, 0.15) is 11.6 Å². The Morgan fingerprint density at radius 2 is 1.93 bits per heavy atom. The van der Waals surface area contributed by atoms with Crippen LogP contribution in [0.5, 0.6) is 0 Å². The summed E-state index contributed by atoms with van der Waals surface area (Å²) in [5.74, 6) is 2.17. The summed E-state index contributed by atoms with van der Waals surface area (Å²) >= 11 is 6.16. The maximum absolute atomic E-state index is 12.5. The predicted octanol–water partition coefficient (Wildman–Crippen LogP) is 3.23. The molecule has 0 atom stereocenters. The molecule has 0 radical (unpaired) electrons. The molecule has 2 fully saturated rings. The number of nitrogens with zero attached hydrogens (tertiary/aromatic N) is 6. The Morgan fingerprint density at radius 1 is 1.14 bits per heavy atom. The SMILES string of the molecule is Cc1nc(N2CCN(C(=O)C3CCC3)CC2)c2cnn(-c3cccc(Cl)c3)c2n1. The van der Waals surface area contributed by atoms with Crippen LogP contribution in [-0.4, -0.2) is 56.7 Å². The highest BCUT2D eigenvalue weighted by Crippen LogP contribution is 2.30. The lowest BCUT2D eigenvalue weighted by atomic mass is 9.84. The first-order valence-electron chi connectivity index (χ1n) is 10.1. The third kappa shape index (κ3) is 3.33. The number of anilines is 1. The van der Waals surface area contributed by atoms with Crippen LogP contribution < -0.4 is 4.90 Å². The minimum absolute atomic E-state index is 0.255. The molecule has 1 amide bonds. The lowest BCUT2D eigenvalue weighted by Crippen LogP contribution is -2.51. The molecule has 0 bridgehead atoms. The minimum Gasteiger partial charge on any atom is -0.352 e. The number of aryl methyl sites for hydroxylation is 1. The number of fused-ring (bicyclic) bond motifs is 1. The van der Waals surface area contributed by atoms with E-state index in [1.54, 1.807) is 4.68 Å². The van der Waals surface area contributed by atoms with Crippen molar-refractivity contribution in [2.75, 3.05) is 31.1 Å². The number of carbonyl (C=O) groups is 1. The van der Waals surface area contributed by atoms with Gasteiger partial charge in [-0.3, -0.25) is 4.79 Å². The van der Waals surface area contributed by atoms with Crippen LogP contribution in [0.1, 0.15) is 25.1 Å². The van der Waals surface area contributed by atoms with Crippen molar-refractivity contribution in [2.24, 2.45) is 5.92 Å². The maximum atomic E-state index is 12.5. The second-order valence-electron chi connectivity index (χ2n) is 7.81. The number of hydrogen-bond acceptors (Lipinski definition) is 5. The summed E-state index contributed by atoms with van der Waals surface area (Å²) < 4.78 is 1.80. The molecule has 1 saturated carbocycles. The second kappa shape index (κ2) is 7.30. The Labute approximate surface area is 174 Å². The maximum Gasteiger partial charge on any atom is 0.225 e. The van der Waals surface area contributed by atoms with E-state index in [1.807, 2.05) is 42.3 Å². The molecule has 3 heterocycles. The number of rotatable bonds is 3. The molecule has 3 aromatic rings. The highest BCUT2D eigenvalue weighted by atomic mass is 35.5. The van der Waals surface area contributed by atoms with Crippen LogP contribution in [0.15, 0.2) is 30.5 Å². The van der Waals surface area contributed by atoms with Crippen LogP contribution in [-0.2, 0) is 4.79 Å². The molecule has 2 aliphatic rings. The van der Waals surface area contributed by atoms with Gasteiger partial charge in [-0.15, -0.1) is 0 Å². The third-order valence-corrected chi connectivity index (χ3v) is 6.15. The molecule has 1 aliphatic carbocycles. The largest absolute Gasteiger partial charge is 0.352 e. The molecule has 8 heteroatoms. The van der Waals surface area contributed by atoms with Crippen LogP contribution in [0.2, 0.25) is 5.02 Å². The van der Waals surface area contributed by atoms with Crippen molar-refractivity contribution in [1.82, 2.24) is 24.6 Å². The van der Waals surface area contributed by atoms with Gasteiger partial charge in [0.2, 0.25) is 5.91 Å². The van der Waals surface area contributed by atoms with Gasteiger partial charge in [0.05, 0.1) is 17.3 Å². The van der Waals surface area contributed by atoms with E-state index < -0.39 is 0 Å². The first-order valence-corrected chi connectivity index (χ1v) is 10.5. The molecule has 0 unspecified atom stereocenters. The summed E-state index contributed by atoms with van der Waals surface area (Å²) in [5.41, 5.74) is 1.63. The van der Waals surface area contributed by atoms with E-state index in [4.69, 9.17) is 16.6 Å². The van der Waals surface area contributed by atoms with E-state index in [9.17, 15) is 4.79 Å². The Bertz CT molecular complexity index is 1070. The molecule has 29 heavy (non-hydrogen) atoms. The summed E-state index contributed by atoms with van der Waals surface area (Å²) in [6.07, 6.45) is 5.10. The van der Waals surface area contributed by atoms with Gasteiger partial charge in [0.15, 0.2) is 5.65 Å². The van der Waals surface area contributed by atoms with Gasteiger partial charge in [-0.1, -0.05) is 24.1 Å². The number of carbonyl (C=O) groups excluding carboxylic acids is 1. The number of aromatic nitrogens is 4. The lowest BCUT2D eigenvalue weighted by molar-refractivity contribution is -0.138. The Balaban J connectivity index is 1.43. The molecule has 150 valence electrons. The van der Waals surface area contributed by atoms with Crippen molar-refractivity contribution in [3.05, 3.63) is 41.3 Å². The van der Waals surface area contributed by atoms with Gasteiger partial charge in [-0.2, -0.15) is 5.10 Å². The standard InChI is InChI=1S/C21H23ClN6O/c1-14-24-19(26-8-10-27(11-9-26)21(29)15-4-2-5-15)18-13-23-28(20(18)25-14)17-7-3-6-16(22)12-17/h3,6-7,12-13,15H,2,4-5,8-11H2,1H3. The molecule has 0 spiro atoms. The van der Waals surface area contributed by atoms with Crippen LogP contribution in [0.25, 0.3) is 16.7 Å². The van der Waals surface area contributed by atoms with E-state index in [2.05, 4.69) is 15.0 Å². The summed E-state index contributed by atoms with van der Waals surface area (Å²) in [5, 5.41) is 6.12. The monoisotopic (exact) mass is 410 g/mol. The van der Waals surface area contributed by atoms with Gasteiger partial charge in [-0.25, -0.2) is 14.6 Å². The number of piperazine rings is 1. The first kappa shape index (κ1) is 18.4. The van der Waals surface area contributed by atoms with Gasteiger partial charge >= 0.3 is 0 Å². The van der Waals surface area contributed by atoms with Gasteiger partial charge < -0.3 is 9.80 Å². The van der Waals surface area contributed by atoms with E-state index in [1.165, 1.54) is 6.42 Å². The van der Waals surface area contributed by atoms with Crippen molar-refractivity contribution < 1.29 is 4.79 Å². The predicted molar refractivity (Wildman–Crippen MR) is 113 cm³/mol. The quantitative estimate of drug-likeness (QED) is 0.663. The normalized spacial score (nSPS) is 17.6. The number of halogens is 1. The molecule has 1 aromatic carbocycles. The van der Waals surface area contributed by atoms with E-state index in [0.29, 0.717) is 16.8 Å². The molecule has 2 aromatic heterocycles. The highest BCUT2D eigenvalue weighted by molar-refractivity contribution is 6.30. The molecule has 1 saturated heterocycles. The lowest BCUT2D eigenvalue weighted by Gasteiger charge is -2.38. The summed E-state index contributed by atoms with van der Waals surface area (Å²) in [6.45, 7) is 4.91. The highest BCUT2D eigenvalue weighted by Gasteiger charge is 2.32. The van der Waals surface area contributed by atoms with Crippen molar-refractivity contribution in [3.63, 3.8) is 0 Å². The van der Waals surface area contributed by atoms with Gasteiger partial charge in [-0.05, 0) is 38.0 Å². The van der Waals surface area contributed by atoms with Gasteiger partial charge in [0, 0.05) is 37.1 Å².